The van der Waals surface area contributed by atoms with Crippen molar-refractivity contribution in [1.82, 2.24) is 5.32 Å². The van der Waals surface area contributed by atoms with Gasteiger partial charge in [-0.15, -0.1) is 24.0 Å². The molecule has 0 saturated carbocycles. The first kappa shape index (κ1) is 22.2. The van der Waals surface area contributed by atoms with E-state index in [-0.39, 0.29) is 24.0 Å². The maximum Gasteiger partial charge on any atom is 0.196 e. The van der Waals surface area contributed by atoms with Gasteiger partial charge in [-0.05, 0) is 24.6 Å². The fourth-order valence-electron chi connectivity index (χ4n) is 2.25. The number of halogens is 1. The highest BCUT2D eigenvalue weighted by molar-refractivity contribution is 14.0. The second-order valence-corrected chi connectivity index (χ2v) is 5.53. The second-order valence-electron chi connectivity index (χ2n) is 5.53. The number of hydrogen-bond acceptors (Lipinski definition) is 3. The van der Waals surface area contributed by atoms with Gasteiger partial charge in [-0.3, -0.25) is 0 Å². The Morgan fingerprint density at radius 1 is 1.04 bits per heavy atom. The number of nitrogens with zero attached hydrogens (tertiary/aromatic N) is 1. The van der Waals surface area contributed by atoms with Gasteiger partial charge in [-0.2, -0.15) is 0 Å². The van der Waals surface area contributed by atoms with Crippen LogP contribution >= 0.6 is 24.0 Å². The minimum atomic E-state index is 0. The van der Waals surface area contributed by atoms with Crippen molar-refractivity contribution >= 4 is 35.6 Å². The van der Waals surface area contributed by atoms with E-state index in [0.717, 1.165) is 30.4 Å². The molecule has 0 saturated heterocycles. The van der Waals surface area contributed by atoms with Crippen LogP contribution in [-0.2, 0) is 11.3 Å². The molecule has 26 heavy (non-hydrogen) atoms. The van der Waals surface area contributed by atoms with Gasteiger partial charge in [0.2, 0.25) is 0 Å². The van der Waals surface area contributed by atoms with Crippen LogP contribution in [0, 0.1) is 0 Å². The largest absolute Gasteiger partial charge is 0.493 e. The molecule has 0 atom stereocenters. The quantitative estimate of drug-likeness (QED) is 0.249. The lowest BCUT2D eigenvalue weighted by Crippen LogP contribution is -2.30. The van der Waals surface area contributed by atoms with Crippen molar-refractivity contribution in [2.45, 2.75) is 19.9 Å². The molecule has 2 aromatic carbocycles. The number of anilines is 1. The molecule has 0 heterocycles. The van der Waals surface area contributed by atoms with E-state index in [1.807, 2.05) is 42.5 Å². The molecule has 5 nitrogen and oxygen atoms in total. The standard InChI is InChI=1S/C20H27N3O2.HI/c1-3-21-20(22-16-17-9-5-4-6-10-17)23-18-11-7-12-19(15-18)25-14-8-13-24-2;/h4-7,9-12,15H,3,8,13-14,16H2,1-2H3,(H2,21,22,23);1H. The summed E-state index contributed by atoms with van der Waals surface area (Å²) in [7, 11) is 1.70. The van der Waals surface area contributed by atoms with Gasteiger partial charge < -0.3 is 20.1 Å². The van der Waals surface area contributed by atoms with Crippen molar-refractivity contribution in [3.8, 4) is 5.75 Å². The molecule has 0 aromatic heterocycles. The maximum absolute atomic E-state index is 5.74. The normalized spacial score (nSPS) is 10.8. The monoisotopic (exact) mass is 469 g/mol. The number of hydrogen-bond donors (Lipinski definition) is 2. The van der Waals surface area contributed by atoms with Gasteiger partial charge in [0.15, 0.2) is 5.96 Å². The Hall–Kier alpha value is -1.80. The summed E-state index contributed by atoms with van der Waals surface area (Å²) >= 11 is 0. The van der Waals surface area contributed by atoms with Crippen LogP contribution < -0.4 is 15.4 Å². The molecule has 0 aliphatic rings. The van der Waals surface area contributed by atoms with Crippen molar-refractivity contribution < 1.29 is 9.47 Å². The summed E-state index contributed by atoms with van der Waals surface area (Å²) in [6, 6.07) is 18.1. The highest BCUT2D eigenvalue weighted by atomic mass is 127. The van der Waals surface area contributed by atoms with E-state index in [2.05, 4.69) is 34.7 Å². The molecule has 0 spiro atoms. The van der Waals surface area contributed by atoms with Crippen molar-refractivity contribution in [2.24, 2.45) is 4.99 Å². The first-order chi connectivity index (χ1) is 12.3. The molecule has 0 radical (unpaired) electrons. The van der Waals surface area contributed by atoms with E-state index in [0.29, 0.717) is 19.8 Å². The third-order valence-electron chi connectivity index (χ3n) is 3.47. The Morgan fingerprint density at radius 3 is 2.58 bits per heavy atom. The predicted molar refractivity (Wildman–Crippen MR) is 119 cm³/mol. The smallest absolute Gasteiger partial charge is 0.196 e. The van der Waals surface area contributed by atoms with Crippen molar-refractivity contribution in [2.75, 3.05) is 32.2 Å². The van der Waals surface area contributed by atoms with Gasteiger partial charge in [0.05, 0.1) is 13.2 Å². The fraction of sp³-hybridized carbons (Fsp3) is 0.350. The predicted octanol–water partition coefficient (Wildman–Crippen LogP) is 4.30. The van der Waals surface area contributed by atoms with Crippen LogP contribution in [0.1, 0.15) is 18.9 Å². The van der Waals surface area contributed by atoms with Gasteiger partial charge in [0.25, 0.3) is 0 Å². The highest BCUT2D eigenvalue weighted by Gasteiger charge is 2.01. The van der Waals surface area contributed by atoms with Gasteiger partial charge in [-0.25, -0.2) is 4.99 Å². The number of benzene rings is 2. The molecular formula is C20H28IN3O2. The fourth-order valence-corrected chi connectivity index (χ4v) is 2.25. The molecule has 142 valence electrons. The zero-order valence-corrected chi connectivity index (χ0v) is 17.7. The van der Waals surface area contributed by atoms with Crippen LogP contribution in [0.3, 0.4) is 0 Å². The molecule has 2 N–H and O–H groups in total. The summed E-state index contributed by atoms with van der Waals surface area (Å²) in [5, 5.41) is 6.59. The Labute approximate surface area is 173 Å². The number of ether oxygens (including phenoxy) is 2. The van der Waals surface area contributed by atoms with Crippen molar-refractivity contribution in [1.29, 1.82) is 0 Å². The van der Waals surface area contributed by atoms with E-state index in [9.17, 15) is 0 Å². The average Bonchev–Trinajstić information content (AvgIpc) is 2.65. The zero-order chi connectivity index (χ0) is 17.7. The first-order valence-corrected chi connectivity index (χ1v) is 8.63. The van der Waals surface area contributed by atoms with Crippen LogP contribution in [0.5, 0.6) is 5.75 Å². The highest BCUT2D eigenvalue weighted by Crippen LogP contribution is 2.17. The lowest BCUT2D eigenvalue weighted by molar-refractivity contribution is 0.172. The van der Waals surface area contributed by atoms with Gasteiger partial charge in [0, 0.05) is 38.4 Å². The molecule has 0 aliphatic carbocycles. The third kappa shape index (κ3) is 8.53. The summed E-state index contributed by atoms with van der Waals surface area (Å²) in [6.07, 6.45) is 0.870. The first-order valence-electron chi connectivity index (χ1n) is 8.63. The van der Waals surface area contributed by atoms with Crippen LogP contribution in [0.2, 0.25) is 0 Å². The Bertz CT molecular complexity index is 651. The van der Waals surface area contributed by atoms with E-state index < -0.39 is 0 Å². The summed E-state index contributed by atoms with van der Waals surface area (Å²) in [6.45, 7) is 4.82. The topological polar surface area (TPSA) is 54.9 Å². The maximum atomic E-state index is 5.74. The van der Waals surface area contributed by atoms with Crippen LogP contribution in [0.25, 0.3) is 0 Å². The SMILES string of the molecule is CCNC(=NCc1ccccc1)Nc1cccc(OCCCOC)c1.I. The molecule has 2 rings (SSSR count). The number of methoxy groups -OCH3 is 1. The number of aliphatic imine (C=N–C) groups is 1. The average molecular weight is 469 g/mol. The minimum Gasteiger partial charge on any atom is -0.493 e. The van der Waals surface area contributed by atoms with Crippen LogP contribution in [-0.4, -0.2) is 32.8 Å². The van der Waals surface area contributed by atoms with Gasteiger partial charge in [0.1, 0.15) is 5.75 Å². The molecule has 0 amide bonds. The van der Waals surface area contributed by atoms with Crippen molar-refractivity contribution in [3.05, 3.63) is 60.2 Å². The third-order valence-corrected chi connectivity index (χ3v) is 3.47. The lowest BCUT2D eigenvalue weighted by Gasteiger charge is -2.13. The molecule has 0 aliphatic heterocycles. The Kier molecular flexibility index (Phi) is 11.5. The summed E-state index contributed by atoms with van der Waals surface area (Å²) < 4.78 is 10.8. The summed E-state index contributed by atoms with van der Waals surface area (Å²) in [5.74, 6) is 1.59. The molecule has 0 fully saturated rings. The lowest BCUT2D eigenvalue weighted by atomic mass is 10.2. The number of guanidine groups is 1. The van der Waals surface area contributed by atoms with E-state index in [1.54, 1.807) is 7.11 Å². The minimum absolute atomic E-state index is 0. The van der Waals surface area contributed by atoms with Crippen molar-refractivity contribution in [3.63, 3.8) is 0 Å². The van der Waals surface area contributed by atoms with Crippen LogP contribution in [0.4, 0.5) is 5.69 Å². The van der Waals surface area contributed by atoms with E-state index in [1.165, 1.54) is 5.56 Å². The van der Waals surface area contributed by atoms with E-state index in [4.69, 9.17) is 9.47 Å². The summed E-state index contributed by atoms with van der Waals surface area (Å²) in [4.78, 5) is 4.63. The van der Waals surface area contributed by atoms with Crippen LogP contribution in [0.15, 0.2) is 59.6 Å². The van der Waals surface area contributed by atoms with Gasteiger partial charge >= 0.3 is 0 Å². The summed E-state index contributed by atoms with van der Waals surface area (Å²) in [5.41, 5.74) is 2.12. The molecular weight excluding hydrogens is 441 g/mol. The molecule has 2 aromatic rings. The Balaban J connectivity index is 0.00000338. The van der Waals surface area contributed by atoms with E-state index >= 15 is 0 Å². The number of rotatable bonds is 9. The Morgan fingerprint density at radius 2 is 1.85 bits per heavy atom. The second kappa shape index (κ2) is 13.4. The zero-order valence-electron chi connectivity index (χ0n) is 15.4. The number of nitrogens with one attached hydrogen (secondary N) is 2. The molecule has 0 unspecified atom stereocenters. The van der Waals surface area contributed by atoms with Gasteiger partial charge in [-0.1, -0.05) is 36.4 Å². The molecule has 6 heteroatoms. The molecule has 0 bridgehead atoms.